The van der Waals surface area contributed by atoms with E-state index in [1.54, 1.807) is 24.4 Å². The second kappa shape index (κ2) is 7.76. The summed E-state index contributed by atoms with van der Waals surface area (Å²) in [5.74, 6) is 1.28. The maximum atomic E-state index is 12.9. The number of rotatable bonds is 3. The molecule has 6 rings (SSSR count). The molecule has 3 heterocycles. The van der Waals surface area contributed by atoms with E-state index in [-0.39, 0.29) is 18.2 Å². The minimum atomic E-state index is -1.55. The number of amides is 1. The largest absolute Gasteiger partial charge is 0.488 e. The number of likely N-dealkylation sites (tertiary alicyclic amines) is 1. The highest BCUT2D eigenvalue weighted by atomic mass is 16.6. The van der Waals surface area contributed by atoms with Gasteiger partial charge in [-0.3, -0.25) is 9.88 Å². The monoisotopic (exact) mass is 471 g/mol. The van der Waals surface area contributed by atoms with Crippen LogP contribution in [0, 0.1) is 5.92 Å². The number of carbonyl (C=O) groups excluding carboxylic acids is 1. The van der Waals surface area contributed by atoms with E-state index in [9.17, 15) is 14.8 Å². The fourth-order valence-electron chi connectivity index (χ4n) is 4.95. The van der Waals surface area contributed by atoms with Crippen LogP contribution >= 0.6 is 0 Å². The Hall–Kier alpha value is -3.50. The number of piperidine rings is 1. The lowest BCUT2D eigenvalue weighted by Crippen LogP contribution is -2.38. The number of benzene rings is 2. The molecule has 0 unspecified atom stereocenters. The van der Waals surface area contributed by atoms with Crippen LogP contribution in [0.2, 0.25) is 0 Å². The molecule has 0 radical (unpaired) electrons. The molecular weight excluding hydrogens is 445 g/mol. The Morgan fingerprint density at radius 1 is 1.09 bits per heavy atom. The minimum absolute atomic E-state index is 0.124. The molecule has 1 saturated carbocycles. The predicted octanol–water partition coefficient (Wildman–Crippen LogP) is 2.92. The second-order valence-corrected chi connectivity index (χ2v) is 10.4. The van der Waals surface area contributed by atoms with Gasteiger partial charge in [0.15, 0.2) is 0 Å². The number of H-pyrrole nitrogens is 1. The Morgan fingerprint density at radius 3 is 2.66 bits per heavy atom. The molecule has 3 N–H and O–H groups in total. The fourth-order valence-corrected chi connectivity index (χ4v) is 4.95. The molecule has 1 aliphatic heterocycles. The van der Waals surface area contributed by atoms with Crippen molar-refractivity contribution in [1.29, 1.82) is 0 Å². The van der Waals surface area contributed by atoms with Crippen LogP contribution in [-0.2, 0) is 4.74 Å². The lowest BCUT2D eigenvalue weighted by atomic mass is 9.80. The zero-order valence-electron chi connectivity index (χ0n) is 19.8. The molecule has 2 aromatic carbocycles. The molecule has 178 valence electrons. The number of aromatic amines is 1. The summed E-state index contributed by atoms with van der Waals surface area (Å²) in [6, 6.07) is 11.0. The quantitative estimate of drug-likeness (QED) is 0.393. The molecule has 9 nitrogen and oxygen atoms in total. The second-order valence-electron chi connectivity index (χ2n) is 10.4. The third kappa shape index (κ3) is 4.02. The number of nitrogens with zero attached hydrogens (tertiary/aromatic N) is 4. The van der Waals surface area contributed by atoms with Crippen LogP contribution in [0.25, 0.3) is 33.3 Å². The van der Waals surface area contributed by atoms with Crippen molar-refractivity contribution in [3.63, 3.8) is 0 Å². The standard InChI is InChI=1S/C25H26BN5O4/c1-25(2,3)35-24(32)31-21-9-14(21)10-22(31)23-29-17-6-4-13(8-19(17)30-23)20-12-27-18-11-15(26(33)34)5-7-16(18)28-20/h4-8,11-12,14,21-22,33-34H,9-10H2,1-3H3,(H,29,30)/t14-,21-,22+/m1/s1. The SMILES string of the molecule is CC(C)(C)OC(=O)N1[C@@H]2C[C@@H]2C[C@H]1c1nc2ccc(-c3cnc4cc(B(O)O)ccc4n3)cc2[nH]1. The van der Waals surface area contributed by atoms with Gasteiger partial charge in [0.25, 0.3) is 0 Å². The van der Waals surface area contributed by atoms with Gasteiger partial charge >= 0.3 is 13.2 Å². The van der Waals surface area contributed by atoms with E-state index in [2.05, 4.69) is 9.97 Å². The van der Waals surface area contributed by atoms with E-state index in [0.29, 0.717) is 28.1 Å². The van der Waals surface area contributed by atoms with Crippen molar-refractivity contribution < 1.29 is 19.6 Å². The number of hydrogen-bond acceptors (Lipinski definition) is 7. The van der Waals surface area contributed by atoms with Gasteiger partial charge in [-0.25, -0.2) is 14.8 Å². The third-order valence-corrected chi connectivity index (χ3v) is 6.68. The average molecular weight is 471 g/mol. The molecule has 3 atom stereocenters. The predicted molar refractivity (Wildman–Crippen MR) is 132 cm³/mol. The summed E-state index contributed by atoms with van der Waals surface area (Å²) in [6.45, 7) is 5.65. The van der Waals surface area contributed by atoms with Crippen LogP contribution in [0.3, 0.4) is 0 Å². The van der Waals surface area contributed by atoms with Crippen molar-refractivity contribution in [1.82, 2.24) is 24.8 Å². The van der Waals surface area contributed by atoms with E-state index in [1.165, 1.54) is 0 Å². The first-order chi connectivity index (χ1) is 16.7. The number of imidazole rings is 1. The van der Waals surface area contributed by atoms with E-state index >= 15 is 0 Å². The van der Waals surface area contributed by atoms with Crippen molar-refractivity contribution in [3.8, 4) is 11.3 Å². The molecule has 35 heavy (non-hydrogen) atoms. The van der Waals surface area contributed by atoms with Crippen LogP contribution in [0.5, 0.6) is 0 Å². The summed E-state index contributed by atoms with van der Waals surface area (Å²) in [4.78, 5) is 32.2. The Labute approximate surface area is 202 Å². The summed E-state index contributed by atoms with van der Waals surface area (Å²) in [5.41, 5.74) is 4.35. The highest BCUT2D eigenvalue weighted by Crippen LogP contribution is 2.53. The van der Waals surface area contributed by atoms with Crippen molar-refractivity contribution >= 4 is 40.7 Å². The molecule has 0 spiro atoms. The Balaban J connectivity index is 1.30. The lowest BCUT2D eigenvalue weighted by molar-refractivity contribution is 0.0175. The van der Waals surface area contributed by atoms with Gasteiger partial charge in [-0.05, 0) is 69.3 Å². The van der Waals surface area contributed by atoms with Crippen molar-refractivity contribution in [3.05, 3.63) is 48.4 Å². The van der Waals surface area contributed by atoms with E-state index in [1.807, 2.05) is 43.9 Å². The zero-order valence-corrected chi connectivity index (χ0v) is 19.8. The molecule has 4 aromatic rings. The molecule has 1 saturated heterocycles. The average Bonchev–Trinajstić information content (AvgIpc) is 3.25. The van der Waals surface area contributed by atoms with Crippen LogP contribution in [0.4, 0.5) is 4.79 Å². The van der Waals surface area contributed by atoms with Crippen molar-refractivity contribution in [2.45, 2.75) is 51.3 Å². The number of hydrogen-bond donors (Lipinski definition) is 3. The van der Waals surface area contributed by atoms with E-state index in [0.717, 1.165) is 35.3 Å². The number of aromatic nitrogens is 4. The van der Waals surface area contributed by atoms with Crippen molar-refractivity contribution in [2.24, 2.45) is 5.92 Å². The molecule has 2 aliphatic rings. The molecular formula is C25H26BN5O4. The Morgan fingerprint density at radius 2 is 1.89 bits per heavy atom. The molecule has 1 aliphatic carbocycles. The van der Waals surface area contributed by atoms with Crippen LogP contribution in [-0.4, -0.2) is 59.7 Å². The number of fused-ring (bicyclic) bond motifs is 3. The molecule has 0 bridgehead atoms. The molecule has 1 amide bonds. The van der Waals surface area contributed by atoms with Crippen LogP contribution < -0.4 is 5.46 Å². The number of ether oxygens (including phenoxy) is 1. The van der Waals surface area contributed by atoms with Crippen LogP contribution in [0.15, 0.2) is 42.6 Å². The third-order valence-electron chi connectivity index (χ3n) is 6.68. The minimum Gasteiger partial charge on any atom is -0.444 e. The van der Waals surface area contributed by atoms with Gasteiger partial charge in [0, 0.05) is 11.6 Å². The number of nitrogens with one attached hydrogen (secondary N) is 1. The summed E-state index contributed by atoms with van der Waals surface area (Å²) in [7, 11) is -1.55. The van der Waals surface area contributed by atoms with Gasteiger partial charge in [-0.1, -0.05) is 12.1 Å². The first-order valence-corrected chi connectivity index (χ1v) is 11.8. The highest BCUT2D eigenvalue weighted by molar-refractivity contribution is 6.58. The fraction of sp³-hybridized carbons (Fsp3) is 0.360. The van der Waals surface area contributed by atoms with Gasteiger partial charge < -0.3 is 19.8 Å². The summed E-state index contributed by atoms with van der Waals surface area (Å²) in [5, 5.41) is 18.8. The zero-order chi connectivity index (χ0) is 24.5. The first-order valence-electron chi connectivity index (χ1n) is 11.8. The van der Waals surface area contributed by atoms with Gasteiger partial charge in [-0.15, -0.1) is 0 Å². The normalized spacial score (nSPS) is 21.4. The highest BCUT2D eigenvalue weighted by Gasteiger charge is 2.56. The summed E-state index contributed by atoms with van der Waals surface area (Å²) >= 11 is 0. The van der Waals surface area contributed by atoms with Gasteiger partial charge in [-0.2, -0.15) is 0 Å². The van der Waals surface area contributed by atoms with Gasteiger partial charge in [0.1, 0.15) is 11.4 Å². The maximum absolute atomic E-state index is 12.9. The van der Waals surface area contributed by atoms with Crippen molar-refractivity contribution in [2.75, 3.05) is 0 Å². The topological polar surface area (TPSA) is 124 Å². The first kappa shape index (κ1) is 22.0. The Kier molecular flexibility index (Phi) is 4.88. The molecule has 2 fully saturated rings. The van der Waals surface area contributed by atoms with E-state index < -0.39 is 12.7 Å². The Bertz CT molecular complexity index is 1460. The van der Waals surface area contributed by atoms with E-state index in [4.69, 9.17) is 14.7 Å². The van der Waals surface area contributed by atoms with Gasteiger partial charge in [0.2, 0.25) is 0 Å². The lowest BCUT2D eigenvalue weighted by Gasteiger charge is -2.29. The number of carbonyl (C=O) groups is 1. The van der Waals surface area contributed by atoms with Crippen LogP contribution in [0.1, 0.15) is 45.5 Å². The molecule has 2 aromatic heterocycles. The summed E-state index contributed by atoms with van der Waals surface area (Å²) in [6.07, 6.45) is 3.30. The summed E-state index contributed by atoms with van der Waals surface area (Å²) < 4.78 is 5.68. The maximum Gasteiger partial charge on any atom is 0.488 e. The molecule has 10 heteroatoms. The smallest absolute Gasteiger partial charge is 0.444 e. The van der Waals surface area contributed by atoms with Gasteiger partial charge in [0.05, 0.1) is 40.0 Å².